The number of halogens is 3. The summed E-state index contributed by atoms with van der Waals surface area (Å²) in [6, 6.07) is 4.90. The lowest BCUT2D eigenvalue weighted by molar-refractivity contribution is -0.137. The summed E-state index contributed by atoms with van der Waals surface area (Å²) in [5.41, 5.74) is 6.61. The number of amides is 2. The molecule has 1 aromatic carbocycles. The maximum atomic E-state index is 12.8. The number of nitrogens with zero attached hydrogens (tertiary/aromatic N) is 2. The van der Waals surface area contributed by atoms with Gasteiger partial charge in [0.15, 0.2) is 5.01 Å². The summed E-state index contributed by atoms with van der Waals surface area (Å²) in [7, 11) is 0. The zero-order chi connectivity index (χ0) is 24.0. The number of benzene rings is 1. The first-order valence-electron chi connectivity index (χ1n) is 9.24. The Labute approximate surface area is 195 Å². The van der Waals surface area contributed by atoms with Crippen molar-refractivity contribution >= 4 is 47.7 Å². The topological polar surface area (TPSA) is 120 Å². The van der Waals surface area contributed by atoms with Gasteiger partial charge in [-0.1, -0.05) is 0 Å². The van der Waals surface area contributed by atoms with Gasteiger partial charge in [0.2, 0.25) is 5.91 Å². The lowest BCUT2D eigenvalue weighted by Gasteiger charge is -2.12. The average Bonchev–Trinajstić information content (AvgIpc) is 3.44. The molecule has 0 aliphatic carbocycles. The van der Waals surface area contributed by atoms with Gasteiger partial charge >= 0.3 is 6.18 Å². The van der Waals surface area contributed by atoms with Crippen molar-refractivity contribution in [1.29, 1.82) is 0 Å². The molecular weight excluding hydrogens is 481 g/mol. The molecule has 0 spiro atoms. The summed E-state index contributed by atoms with van der Waals surface area (Å²) in [6.45, 7) is 0.198. The summed E-state index contributed by atoms with van der Waals surface area (Å²) in [5.74, 6) is -1.39. The van der Waals surface area contributed by atoms with Gasteiger partial charge < -0.3 is 20.2 Å². The third-order valence-corrected chi connectivity index (χ3v) is 5.34. The number of hydrogen-bond donors (Lipinski definition) is 3. The van der Waals surface area contributed by atoms with Crippen LogP contribution in [0.3, 0.4) is 0 Å². The number of thiazole rings is 1. The highest BCUT2D eigenvalue weighted by atomic mass is 32.1. The second-order valence-corrected chi connectivity index (χ2v) is 7.85. The van der Waals surface area contributed by atoms with Crippen molar-refractivity contribution in [1.82, 2.24) is 4.98 Å². The monoisotopic (exact) mass is 498 g/mol. The number of anilines is 1. The molecule has 0 saturated heterocycles. The fourth-order valence-electron chi connectivity index (χ4n) is 2.62. The smallest absolute Gasteiger partial charge is 0.443 e. The standard InChI is InChI=1S/C20H17F3N4O4S2/c21-20(22,23)19-27-15(10-33-19)18(29)26-14-5-12(7-25-2-4-31-9-17(24)28)16(32)6-13(14)11-1-3-30-8-11/h1,3,5-8,10,32H,2,4,9H2,(H2,24,28)(H,26,29). The van der Waals surface area contributed by atoms with Gasteiger partial charge in [-0.2, -0.15) is 13.2 Å². The van der Waals surface area contributed by atoms with Gasteiger partial charge in [0.25, 0.3) is 5.91 Å². The third kappa shape index (κ3) is 6.66. The van der Waals surface area contributed by atoms with Crippen LogP contribution in [0.4, 0.5) is 18.9 Å². The van der Waals surface area contributed by atoms with Crippen molar-refractivity contribution in [2.24, 2.45) is 10.7 Å². The summed E-state index contributed by atoms with van der Waals surface area (Å²) in [5, 5.41) is 2.52. The van der Waals surface area contributed by atoms with E-state index in [0.717, 1.165) is 5.38 Å². The minimum absolute atomic E-state index is 0.170. The van der Waals surface area contributed by atoms with E-state index >= 15 is 0 Å². The molecule has 33 heavy (non-hydrogen) atoms. The van der Waals surface area contributed by atoms with E-state index < -0.39 is 23.0 Å². The van der Waals surface area contributed by atoms with Gasteiger partial charge in [-0.15, -0.1) is 24.0 Å². The van der Waals surface area contributed by atoms with Crippen molar-refractivity contribution in [2.45, 2.75) is 11.1 Å². The van der Waals surface area contributed by atoms with Crippen LogP contribution in [0.15, 0.2) is 50.4 Å². The molecule has 3 aromatic rings. The predicted molar refractivity (Wildman–Crippen MR) is 119 cm³/mol. The Morgan fingerprint density at radius 3 is 2.79 bits per heavy atom. The third-order valence-electron chi connectivity index (χ3n) is 4.07. The number of rotatable bonds is 9. The number of carbonyl (C=O) groups is 2. The van der Waals surface area contributed by atoms with E-state index in [0.29, 0.717) is 38.6 Å². The first-order valence-corrected chi connectivity index (χ1v) is 10.6. The van der Waals surface area contributed by atoms with Crippen molar-refractivity contribution < 1.29 is 31.9 Å². The molecule has 2 aromatic heterocycles. The molecule has 0 radical (unpaired) electrons. The number of primary amides is 1. The van der Waals surface area contributed by atoms with E-state index in [-0.39, 0.29) is 25.5 Å². The number of ether oxygens (including phenoxy) is 1. The quantitative estimate of drug-likeness (QED) is 0.235. The highest BCUT2D eigenvalue weighted by Gasteiger charge is 2.35. The van der Waals surface area contributed by atoms with Gasteiger partial charge in [0.1, 0.15) is 12.3 Å². The number of hydrogen-bond acceptors (Lipinski definition) is 8. The molecule has 2 amide bonds. The Morgan fingerprint density at radius 1 is 1.36 bits per heavy atom. The molecule has 0 bridgehead atoms. The molecule has 0 atom stereocenters. The maximum absolute atomic E-state index is 12.8. The molecule has 0 aliphatic rings. The summed E-state index contributed by atoms with van der Waals surface area (Å²) in [4.78, 5) is 31.3. The number of carbonyl (C=O) groups excluding carboxylic acids is 2. The zero-order valence-electron chi connectivity index (χ0n) is 16.8. The summed E-state index contributed by atoms with van der Waals surface area (Å²) < 4.78 is 48.6. The molecule has 3 rings (SSSR count). The molecule has 13 heteroatoms. The van der Waals surface area contributed by atoms with Crippen LogP contribution in [0.2, 0.25) is 0 Å². The molecule has 2 heterocycles. The summed E-state index contributed by atoms with van der Waals surface area (Å²) in [6.07, 6.45) is -0.248. The van der Waals surface area contributed by atoms with Gasteiger partial charge in [-0.3, -0.25) is 14.6 Å². The van der Waals surface area contributed by atoms with E-state index in [2.05, 4.69) is 27.9 Å². The number of aromatic nitrogens is 1. The second-order valence-electron chi connectivity index (χ2n) is 6.51. The van der Waals surface area contributed by atoms with E-state index in [1.54, 1.807) is 18.2 Å². The van der Waals surface area contributed by atoms with E-state index in [4.69, 9.17) is 14.9 Å². The number of furan rings is 1. The first kappa shape index (κ1) is 24.5. The number of nitrogens with one attached hydrogen (secondary N) is 1. The van der Waals surface area contributed by atoms with E-state index in [1.807, 2.05) is 0 Å². The Bertz CT molecular complexity index is 1160. The Balaban J connectivity index is 1.83. The minimum atomic E-state index is -4.64. The molecule has 0 aliphatic heterocycles. The zero-order valence-corrected chi connectivity index (χ0v) is 18.5. The largest absolute Gasteiger partial charge is 0.472 e. The van der Waals surface area contributed by atoms with Gasteiger partial charge in [0.05, 0.1) is 25.7 Å². The van der Waals surface area contributed by atoms with Gasteiger partial charge in [-0.05, 0) is 18.2 Å². The second kappa shape index (κ2) is 10.6. The SMILES string of the molecule is NC(=O)COCCN=Cc1cc(NC(=O)c2csc(C(F)(F)F)n2)c(-c2ccoc2)cc1S. The average molecular weight is 499 g/mol. The molecule has 0 fully saturated rings. The van der Waals surface area contributed by atoms with E-state index in [1.165, 1.54) is 18.7 Å². The molecule has 3 N–H and O–H groups in total. The Kier molecular flexibility index (Phi) is 7.89. The highest BCUT2D eigenvalue weighted by molar-refractivity contribution is 7.80. The van der Waals surface area contributed by atoms with Crippen LogP contribution in [0.25, 0.3) is 11.1 Å². The lowest BCUT2D eigenvalue weighted by Crippen LogP contribution is -2.19. The number of alkyl halides is 3. The molecule has 0 unspecified atom stereocenters. The maximum Gasteiger partial charge on any atom is 0.443 e. The van der Waals surface area contributed by atoms with Gasteiger partial charge in [-0.25, -0.2) is 4.98 Å². The Morgan fingerprint density at radius 2 is 2.15 bits per heavy atom. The van der Waals surface area contributed by atoms with Crippen LogP contribution in [0.5, 0.6) is 0 Å². The number of nitrogens with two attached hydrogens (primary N) is 1. The molecule has 0 saturated carbocycles. The normalized spacial score (nSPS) is 11.8. The van der Waals surface area contributed by atoms with Crippen molar-refractivity contribution in [2.75, 3.05) is 25.1 Å². The minimum Gasteiger partial charge on any atom is -0.472 e. The van der Waals surface area contributed by atoms with Crippen molar-refractivity contribution in [3.05, 3.63) is 52.4 Å². The van der Waals surface area contributed by atoms with Crippen LogP contribution in [0.1, 0.15) is 21.1 Å². The lowest BCUT2D eigenvalue weighted by atomic mass is 10.0. The van der Waals surface area contributed by atoms with Crippen molar-refractivity contribution in [3.8, 4) is 11.1 Å². The number of aliphatic imine (C=N–C) groups is 1. The fourth-order valence-corrected chi connectivity index (χ4v) is 3.53. The van der Waals surface area contributed by atoms with Crippen LogP contribution in [-0.4, -0.2) is 42.8 Å². The van der Waals surface area contributed by atoms with Crippen molar-refractivity contribution in [3.63, 3.8) is 0 Å². The molecule has 8 nitrogen and oxygen atoms in total. The van der Waals surface area contributed by atoms with Crippen LogP contribution >= 0.6 is 24.0 Å². The van der Waals surface area contributed by atoms with E-state index in [9.17, 15) is 22.8 Å². The Hall–Kier alpha value is -3.16. The van der Waals surface area contributed by atoms with Gasteiger partial charge in [0, 0.05) is 38.9 Å². The van der Waals surface area contributed by atoms with Crippen LogP contribution < -0.4 is 11.1 Å². The van der Waals surface area contributed by atoms with Crippen LogP contribution in [-0.2, 0) is 15.7 Å². The predicted octanol–water partition coefficient (Wildman–Crippen LogP) is 3.88. The highest BCUT2D eigenvalue weighted by Crippen LogP contribution is 2.34. The molecular formula is C20H17F3N4O4S2. The first-order chi connectivity index (χ1) is 15.6. The van der Waals surface area contributed by atoms with Crippen LogP contribution in [0, 0.1) is 0 Å². The molecule has 174 valence electrons. The fraction of sp³-hybridized carbons (Fsp3) is 0.200. The number of thiol groups is 1. The summed E-state index contributed by atoms with van der Waals surface area (Å²) >= 11 is 4.79.